The highest BCUT2D eigenvalue weighted by Gasteiger charge is 2.26. The van der Waals surface area contributed by atoms with Gasteiger partial charge in [0.1, 0.15) is 5.78 Å². The zero-order chi connectivity index (χ0) is 17.7. The Morgan fingerprint density at radius 1 is 0.731 bits per heavy atom. The van der Waals surface area contributed by atoms with Gasteiger partial charge in [-0.05, 0) is 38.1 Å². The molecular weight excluding hydrogens is 320 g/mol. The van der Waals surface area contributed by atoms with Crippen molar-refractivity contribution in [2.75, 3.05) is 0 Å². The molecule has 0 heterocycles. The van der Waals surface area contributed by atoms with Crippen LogP contribution in [0.1, 0.15) is 27.4 Å². The lowest BCUT2D eigenvalue weighted by molar-refractivity contribution is -0.118. The number of carbonyl (C=O) groups is 2. The Balaban J connectivity index is 1.83. The van der Waals surface area contributed by atoms with E-state index in [-0.39, 0.29) is 17.5 Å². The van der Waals surface area contributed by atoms with E-state index < -0.39 is 0 Å². The molecule has 2 aliphatic rings. The molecule has 5 rings (SSSR count). The lowest BCUT2D eigenvalue weighted by Gasteiger charge is -2.20. The van der Waals surface area contributed by atoms with Crippen molar-refractivity contribution < 1.29 is 9.59 Å². The fourth-order valence-corrected chi connectivity index (χ4v) is 4.10. The van der Waals surface area contributed by atoms with Gasteiger partial charge in [0.25, 0.3) is 0 Å². The summed E-state index contributed by atoms with van der Waals surface area (Å²) in [5.41, 5.74) is 2.57. The third-order valence-corrected chi connectivity index (χ3v) is 5.34. The van der Waals surface area contributed by atoms with Crippen molar-refractivity contribution in [2.24, 2.45) is 0 Å². The average molecular weight is 336 g/mol. The molecule has 0 spiro atoms. The quantitative estimate of drug-likeness (QED) is 0.685. The van der Waals surface area contributed by atoms with E-state index in [9.17, 15) is 9.59 Å². The van der Waals surface area contributed by atoms with Crippen LogP contribution in [0.2, 0.25) is 0 Å². The second kappa shape index (κ2) is 5.63. The molecule has 3 aromatic carbocycles. The predicted molar refractivity (Wildman–Crippen MR) is 101 cm³/mol. The summed E-state index contributed by atoms with van der Waals surface area (Å²) in [6.45, 7) is 0. The van der Waals surface area contributed by atoms with Crippen LogP contribution in [0, 0.1) is 10.4 Å². The molecule has 1 atom stereocenters. The van der Waals surface area contributed by atoms with Crippen LogP contribution >= 0.6 is 0 Å². The Labute approximate surface area is 150 Å². The third-order valence-electron chi connectivity index (χ3n) is 5.34. The Hall–Kier alpha value is -3.26. The van der Waals surface area contributed by atoms with Gasteiger partial charge < -0.3 is 0 Å². The van der Waals surface area contributed by atoms with Crippen LogP contribution in [-0.2, 0) is 11.2 Å². The zero-order valence-electron chi connectivity index (χ0n) is 14.1. The molecule has 0 fully saturated rings. The van der Waals surface area contributed by atoms with E-state index in [1.54, 1.807) is 6.08 Å². The molecule has 0 aliphatic heterocycles. The van der Waals surface area contributed by atoms with E-state index >= 15 is 0 Å². The first-order valence-corrected chi connectivity index (χ1v) is 8.79. The molecule has 3 aromatic rings. The topological polar surface area (TPSA) is 34.1 Å². The summed E-state index contributed by atoms with van der Waals surface area (Å²) in [6, 6.07) is 21.8. The maximum atomic E-state index is 12.8. The molecular formula is C24H16O2. The number of benzene rings is 3. The summed E-state index contributed by atoms with van der Waals surface area (Å²) in [5.74, 6) is -0.102. The van der Waals surface area contributed by atoms with Crippen molar-refractivity contribution in [3.05, 3.63) is 104 Å². The lowest BCUT2D eigenvalue weighted by Crippen LogP contribution is -2.29. The molecule has 2 heteroatoms. The highest BCUT2D eigenvalue weighted by atomic mass is 16.1. The van der Waals surface area contributed by atoms with Gasteiger partial charge >= 0.3 is 0 Å². The maximum absolute atomic E-state index is 12.8. The molecule has 2 nitrogen and oxygen atoms in total. The molecule has 124 valence electrons. The molecule has 2 aliphatic carbocycles. The normalized spacial score (nSPS) is 17.5. The molecule has 0 saturated carbocycles. The van der Waals surface area contributed by atoms with Gasteiger partial charge in [0.2, 0.25) is 0 Å². The molecule has 0 radical (unpaired) electrons. The number of Topliss-reactive ketones (excluding diaryl/α,β-unsaturated/α-hetero) is 2. The van der Waals surface area contributed by atoms with Gasteiger partial charge in [-0.2, -0.15) is 0 Å². The van der Waals surface area contributed by atoms with Crippen LogP contribution in [0.4, 0.5) is 0 Å². The van der Waals surface area contributed by atoms with Gasteiger partial charge in [-0.3, -0.25) is 9.59 Å². The first kappa shape index (κ1) is 15.0. The number of fused-ring (bicyclic) bond motifs is 4. The molecule has 0 amide bonds. The van der Waals surface area contributed by atoms with E-state index in [4.69, 9.17) is 0 Å². The zero-order valence-corrected chi connectivity index (χ0v) is 14.1. The van der Waals surface area contributed by atoms with Crippen LogP contribution < -0.4 is 10.4 Å². The van der Waals surface area contributed by atoms with Crippen molar-refractivity contribution in [3.63, 3.8) is 0 Å². The van der Waals surface area contributed by atoms with Crippen molar-refractivity contribution in [2.45, 2.75) is 12.3 Å². The summed E-state index contributed by atoms with van der Waals surface area (Å²) in [5, 5.41) is 3.94. The van der Waals surface area contributed by atoms with E-state index in [0.29, 0.717) is 12.0 Å². The van der Waals surface area contributed by atoms with Crippen molar-refractivity contribution in [1.29, 1.82) is 0 Å². The molecule has 0 aromatic heterocycles. The summed E-state index contributed by atoms with van der Waals surface area (Å²) >= 11 is 0. The lowest BCUT2D eigenvalue weighted by atomic mass is 9.81. The minimum atomic E-state index is -0.239. The van der Waals surface area contributed by atoms with Crippen LogP contribution in [0.15, 0.2) is 66.7 Å². The smallest absolute Gasteiger partial charge is 0.187 e. The van der Waals surface area contributed by atoms with Gasteiger partial charge in [0.05, 0.1) is 5.92 Å². The molecule has 0 saturated heterocycles. The van der Waals surface area contributed by atoms with E-state index in [2.05, 4.69) is 0 Å². The minimum Gasteiger partial charge on any atom is -0.298 e. The Kier molecular flexibility index (Phi) is 3.26. The van der Waals surface area contributed by atoms with Crippen LogP contribution in [0.3, 0.4) is 0 Å². The molecule has 0 bridgehead atoms. The van der Waals surface area contributed by atoms with Gasteiger partial charge in [-0.1, -0.05) is 72.8 Å². The van der Waals surface area contributed by atoms with Crippen molar-refractivity contribution in [1.82, 2.24) is 0 Å². The number of ketones is 2. The second-order valence-corrected chi connectivity index (χ2v) is 6.85. The Bertz CT molecular complexity index is 1280. The van der Waals surface area contributed by atoms with Gasteiger partial charge in [-0.15, -0.1) is 0 Å². The molecule has 26 heavy (non-hydrogen) atoms. The van der Waals surface area contributed by atoms with E-state index in [1.165, 1.54) is 0 Å². The van der Waals surface area contributed by atoms with Crippen LogP contribution in [0.25, 0.3) is 12.2 Å². The Morgan fingerprint density at radius 3 is 2.35 bits per heavy atom. The van der Waals surface area contributed by atoms with Crippen molar-refractivity contribution in [3.8, 4) is 0 Å². The number of rotatable bonds is 1. The highest BCUT2D eigenvalue weighted by molar-refractivity contribution is 6.19. The predicted octanol–water partition coefficient (Wildman–Crippen LogP) is 2.64. The number of hydrogen-bond donors (Lipinski definition) is 0. The van der Waals surface area contributed by atoms with Crippen LogP contribution in [-0.4, -0.2) is 11.6 Å². The fourth-order valence-electron chi connectivity index (χ4n) is 4.10. The molecule has 0 N–H and O–H groups in total. The van der Waals surface area contributed by atoms with Gasteiger partial charge in [0, 0.05) is 12.0 Å². The average Bonchev–Trinajstić information content (AvgIpc) is 2.68. The van der Waals surface area contributed by atoms with E-state index in [0.717, 1.165) is 32.0 Å². The summed E-state index contributed by atoms with van der Waals surface area (Å²) < 4.78 is 0. The highest BCUT2D eigenvalue weighted by Crippen LogP contribution is 2.25. The first-order valence-electron chi connectivity index (χ1n) is 8.79. The summed E-state index contributed by atoms with van der Waals surface area (Å²) in [4.78, 5) is 25.6. The number of hydrogen-bond acceptors (Lipinski definition) is 2. The largest absolute Gasteiger partial charge is 0.298 e. The van der Waals surface area contributed by atoms with Gasteiger partial charge in [0.15, 0.2) is 5.78 Å². The first-order chi connectivity index (χ1) is 12.7. The maximum Gasteiger partial charge on any atom is 0.187 e. The third kappa shape index (κ3) is 2.19. The van der Waals surface area contributed by atoms with E-state index in [1.807, 2.05) is 72.8 Å². The Morgan fingerprint density at radius 2 is 1.50 bits per heavy atom. The SMILES string of the molecule is O=C1C=c2ccccc2=c2ccc3c(c21)CC(=O)C(c1ccccc1)C=3. The summed E-state index contributed by atoms with van der Waals surface area (Å²) in [7, 11) is 0. The summed E-state index contributed by atoms with van der Waals surface area (Å²) in [6.07, 6.45) is 3.99. The minimum absolute atomic E-state index is 0.00471. The fraction of sp³-hybridized carbons (Fsp3) is 0.0833. The van der Waals surface area contributed by atoms with Crippen molar-refractivity contribution >= 4 is 23.7 Å². The standard InChI is InChI=1S/C24H16O2/c25-22-14-21-17(12-20(22)15-6-2-1-3-7-15)10-11-19-18-9-5-4-8-16(18)13-23(26)24(19)21/h1-13,20H,14H2. The second-order valence-electron chi connectivity index (χ2n) is 6.85. The monoisotopic (exact) mass is 336 g/mol. The van der Waals surface area contributed by atoms with Crippen LogP contribution in [0.5, 0.6) is 0 Å². The molecule has 1 unspecified atom stereocenters. The van der Waals surface area contributed by atoms with Gasteiger partial charge in [-0.25, -0.2) is 0 Å². The number of carbonyl (C=O) groups excluding carboxylic acids is 2.